The second kappa shape index (κ2) is 6.45. The molecule has 106 valence electrons. The molecule has 0 radical (unpaired) electrons. The Morgan fingerprint density at radius 3 is 2.47 bits per heavy atom. The molecule has 0 aliphatic rings. The molecule has 19 heavy (non-hydrogen) atoms. The van der Waals surface area contributed by atoms with Gasteiger partial charge in [-0.05, 0) is 38.8 Å². The summed E-state index contributed by atoms with van der Waals surface area (Å²) in [7, 11) is 0. The van der Waals surface area contributed by atoms with E-state index >= 15 is 0 Å². The van der Waals surface area contributed by atoms with Crippen molar-refractivity contribution in [2.24, 2.45) is 0 Å². The Kier molecular flexibility index (Phi) is 5.21. The number of nitrogens with one attached hydrogen (secondary N) is 1. The molecule has 3 N–H and O–H groups in total. The molecule has 0 atom stereocenters. The van der Waals surface area contributed by atoms with E-state index in [1.165, 1.54) is 0 Å². The number of urea groups is 1. The number of hydrogen-bond donors (Lipinski definition) is 2. The largest absolute Gasteiger partial charge is 0.398 e. The third-order valence-electron chi connectivity index (χ3n) is 2.68. The topological polar surface area (TPSA) is 58.4 Å². The summed E-state index contributed by atoms with van der Waals surface area (Å²) in [5.41, 5.74) is 7.42. The van der Waals surface area contributed by atoms with Crippen molar-refractivity contribution in [1.29, 1.82) is 0 Å². The van der Waals surface area contributed by atoms with Crippen LogP contribution in [0.3, 0.4) is 0 Å². The number of para-hydroxylation sites is 1. The van der Waals surface area contributed by atoms with Crippen molar-refractivity contribution in [2.75, 3.05) is 12.3 Å². The fourth-order valence-electron chi connectivity index (χ4n) is 1.81. The summed E-state index contributed by atoms with van der Waals surface area (Å²) in [6.07, 6.45) is 0.921. The lowest BCUT2D eigenvalue weighted by molar-refractivity contribution is 0.186. The highest BCUT2D eigenvalue weighted by Gasteiger charge is 2.19. The van der Waals surface area contributed by atoms with E-state index in [9.17, 15) is 4.79 Å². The predicted octanol–water partition coefficient (Wildman–Crippen LogP) is 2.99. The standard InChI is InChI=1S/C15H25N3O/c1-5-10-18(14(19)17-15(2,3)4)11-12-8-6-7-9-13(12)16/h6-9H,5,10-11,16H2,1-4H3,(H,17,19). The highest BCUT2D eigenvalue weighted by atomic mass is 16.2. The predicted molar refractivity (Wildman–Crippen MR) is 79.8 cm³/mol. The van der Waals surface area contributed by atoms with E-state index in [2.05, 4.69) is 12.2 Å². The van der Waals surface area contributed by atoms with Gasteiger partial charge in [-0.1, -0.05) is 25.1 Å². The van der Waals surface area contributed by atoms with E-state index in [1.807, 2.05) is 45.0 Å². The van der Waals surface area contributed by atoms with Crippen LogP contribution in [0.15, 0.2) is 24.3 Å². The maximum atomic E-state index is 12.2. The normalized spacial score (nSPS) is 11.2. The van der Waals surface area contributed by atoms with Gasteiger partial charge >= 0.3 is 6.03 Å². The van der Waals surface area contributed by atoms with Gasteiger partial charge in [0.05, 0.1) is 0 Å². The van der Waals surface area contributed by atoms with Crippen LogP contribution in [0.5, 0.6) is 0 Å². The van der Waals surface area contributed by atoms with Crippen molar-refractivity contribution in [1.82, 2.24) is 10.2 Å². The number of anilines is 1. The first kappa shape index (κ1) is 15.3. The number of benzene rings is 1. The van der Waals surface area contributed by atoms with Crippen LogP contribution in [0.1, 0.15) is 39.7 Å². The lowest BCUT2D eigenvalue weighted by atomic mass is 10.1. The highest BCUT2D eigenvalue weighted by molar-refractivity contribution is 5.75. The molecule has 0 aliphatic heterocycles. The molecule has 0 saturated carbocycles. The molecule has 0 aromatic heterocycles. The van der Waals surface area contributed by atoms with E-state index in [-0.39, 0.29) is 11.6 Å². The van der Waals surface area contributed by atoms with Crippen molar-refractivity contribution >= 4 is 11.7 Å². The van der Waals surface area contributed by atoms with Crippen molar-refractivity contribution < 1.29 is 4.79 Å². The van der Waals surface area contributed by atoms with E-state index in [0.29, 0.717) is 6.54 Å². The minimum Gasteiger partial charge on any atom is -0.398 e. The van der Waals surface area contributed by atoms with Gasteiger partial charge in [0.15, 0.2) is 0 Å². The average Bonchev–Trinajstić information content (AvgIpc) is 2.29. The lowest BCUT2D eigenvalue weighted by Crippen LogP contribution is -2.48. The summed E-state index contributed by atoms with van der Waals surface area (Å²) in [6, 6.07) is 7.62. The zero-order valence-electron chi connectivity index (χ0n) is 12.4. The summed E-state index contributed by atoms with van der Waals surface area (Å²) in [6.45, 7) is 9.26. The van der Waals surface area contributed by atoms with Crippen LogP contribution in [0.25, 0.3) is 0 Å². The molecule has 0 bridgehead atoms. The number of nitrogen functional groups attached to an aromatic ring is 1. The summed E-state index contributed by atoms with van der Waals surface area (Å²) >= 11 is 0. The molecule has 1 rings (SSSR count). The van der Waals surface area contributed by atoms with Crippen LogP contribution < -0.4 is 11.1 Å². The highest BCUT2D eigenvalue weighted by Crippen LogP contribution is 2.14. The van der Waals surface area contributed by atoms with Gasteiger partial charge in [0.25, 0.3) is 0 Å². The van der Waals surface area contributed by atoms with Gasteiger partial charge < -0.3 is 16.0 Å². The summed E-state index contributed by atoms with van der Waals surface area (Å²) < 4.78 is 0. The van der Waals surface area contributed by atoms with Crippen molar-refractivity contribution in [3.05, 3.63) is 29.8 Å². The van der Waals surface area contributed by atoms with Crippen molar-refractivity contribution in [3.8, 4) is 0 Å². The molecule has 2 amide bonds. The molecule has 1 aromatic carbocycles. The van der Waals surface area contributed by atoms with Gasteiger partial charge in [-0.2, -0.15) is 0 Å². The first-order valence-electron chi connectivity index (χ1n) is 6.74. The minimum absolute atomic E-state index is 0.0439. The average molecular weight is 263 g/mol. The molecule has 0 aliphatic carbocycles. The Labute approximate surface area is 116 Å². The summed E-state index contributed by atoms with van der Waals surface area (Å²) in [5.74, 6) is 0. The Balaban J connectivity index is 2.78. The molecule has 1 aromatic rings. The Bertz CT molecular complexity index is 424. The van der Waals surface area contributed by atoms with Crippen LogP contribution in [-0.4, -0.2) is 23.0 Å². The van der Waals surface area contributed by atoms with Gasteiger partial charge in [0.2, 0.25) is 0 Å². The van der Waals surface area contributed by atoms with Crippen LogP contribution in [-0.2, 0) is 6.54 Å². The number of carbonyl (C=O) groups is 1. The van der Waals surface area contributed by atoms with Gasteiger partial charge in [0.1, 0.15) is 0 Å². The quantitative estimate of drug-likeness (QED) is 0.820. The molecule has 4 nitrogen and oxygen atoms in total. The number of carbonyl (C=O) groups excluding carboxylic acids is 1. The Morgan fingerprint density at radius 1 is 1.32 bits per heavy atom. The molecule has 0 spiro atoms. The Hall–Kier alpha value is -1.71. The molecule has 4 heteroatoms. The smallest absolute Gasteiger partial charge is 0.318 e. The third-order valence-corrected chi connectivity index (χ3v) is 2.68. The SMILES string of the molecule is CCCN(Cc1ccccc1N)C(=O)NC(C)(C)C. The van der Waals surface area contributed by atoms with Crippen LogP contribution in [0, 0.1) is 0 Å². The summed E-state index contributed by atoms with van der Waals surface area (Å²) in [4.78, 5) is 14.0. The van der Waals surface area contributed by atoms with E-state index < -0.39 is 0 Å². The molecular weight excluding hydrogens is 238 g/mol. The second-order valence-electron chi connectivity index (χ2n) is 5.80. The fourth-order valence-corrected chi connectivity index (χ4v) is 1.81. The minimum atomic E-state index is -0.231. The number of nitrogens with two attached hydrogens (primary N) is 1. The molecule has 0 heterocycles. The molecule has 0 unspecified atom stereocenters. The van der Waals surface area contributed by atoms with Gasteiger partial charge in [-0.15, -0.1) is 0 Å². The number of rotatable bonds is 4. The van der Waals surface area contributed by atoms with Gasteiger partial charge in [-0.3, -0.25) is 0 Å². The van der Waals surface area contributed by atoms with Gasteiger partial charge in [-0.25, -0.2) is 4.79 Å². The van der Waals surface area contributed by atoms with Crippen molar-refractivity contribution in [3.63, 3.8) is 0 Å². The maximum Gasteiger partial charge on any atom is 0.318 e. The maximum absolute atomic E-state index is 12.2. The number of amides is 2. The second-order valence-corrected chi connectivity index (χ2v) is 5.80. The number of hydrogen-bond acceptors (Lipinski definition) is 2. The van der Waals surface area contributed by atoms with E-state index in [0.717, 1.165) is 24.2 Å². The third kappa shape index (κ3) is 5.20. The summed E-state index contributed by atoms with van der Waals surface area (Å²) in [5, 5.41) is 2.99. The van der Waals surface area contributed by atoms with Crippen molar-refractivity contribution in [2.45, 2.75) is 46.2 Å². The van der Waals surface area contributed by atoms with Crippen LogP contribution in [0.4, 0.5) is 10.5 Å². The van der Waals surface area contributed by atoms with Gasteiger partial charge in [0, 0.05) is 24.3 Å². The van der Waals surface area contributed by atoms with E-state index in [1.54, 1.807) is 4.90 Å². The lowest BCUT2D eigenvalue weighted by Gasteiger charge is -2.28. The molecule has 0 fully saturated rings. The zero-order chi connectivity index (χ0) is 14.5. The number of nitrogens with zero attached hydrogens (tertiary/aromatic N) is 1. The molecule has 0 saturated heterocycles. The van der Waals surface area contributed by atoms with Crippen LogP contribution in [0.2, 0.25) is 0 Å². The van der Waals surface area contributed by atoms with Crippen LogP contribution >= 0.6 is 0 Å². The van der Waals surface area contributed by atoms with E-state index in [4.69, 9.17) is 5.73 Å². The fraction of sp³-hybridized carbons (Fsp3) is 0.533. The monoisotopic (exact) mass is 263 g/mol. The first-order chi connectivity index (χ1) is 8.83. The Morgan fingerprint density at radius 2 is 1.95 bits per heavy atom. The zero-order valence-corrected chi connectivity index (χ0v) is 12.4. The first-order valence-corrected chi connectivity index (χ1v) is 6.74. The molecular formula is C15H25N3O.